The Bertz CT molecular complexity index is 887. The molecule has 122 valence electrons. The number of nitrogens with one attached hydrogen (secondary N) is 2. The Hall–Kier alpha value is -2.93. The molecule has 3 N–H and O–H groups in total. The van der Waals surface area contributed by atoms with Crippen LogP contribution in [0.3, 0.4) is 0 Å². The number of aromatic amines is 1. The molecule has 0 radical (unpaired) electrons. The summed E-state index contributed by atoms with van der Waals surface area (Å²) in [6.45, 7) is 2.55. The Kier molecular flexibility index (Phi) is 4.72. The molecule has 3 rings (SSSR count). The van der Waals surface area contributed by atoms with Crippen LogP contribution in [0.4, 0.5) is 11.4 Å². The van der Waals surface area contributed by atoms with Crippen LogP contribution >= 0.6 is 12.2 Å². The highest BCUT2D eigenvalue weighted by Crippen LogP contribution is 2.35. The van der Waals surface area contributed by atoms with Crippen molar-refractivity contribution in [3.05, 3.63) is 48.5 Å². The van der Waals surface area contributed by atoms with Gasteiger partial charge >= 0.3 is 0 Å². The number of H-pyrrole nitrogens is 1. The largest absolute Gasteiger partial charge is 0.494 e. The van der Waals surface area contributed by atoms with Gasteiger partial charge in [-0.2, -0.15) is 0 Å². The molecule has 0 unspecified atom stereocenters. The summed E-state index contributed by atoms with van der Waals surface area (Å²) in [5.74, 6) is 0.753. The van der Waals surface area contributed by atoms with Crippen LogP contribution in [0.15, 0.2) is 58.8 Å². The van der Waals surface area contributed by atoms with Crippen molar-refractivity contribution in [3.8, 4) is 11.6 Å². The number of nitrogens with zero attached hydrogens (tertiary/aromatic N) is 2. The molecule has 0 aliphatic rings. The Morgan fingerprint density at radius 3 is 2.71 bits per heavy atom. The highest BCUT2D eigenvalue weighted by Gasteiger charge is 2.09. The Labute approximate surface area is 144 Å². The molecular weight excluding hydrogens is 324 g/mol. The summed E-state index contributed by atoms with van der Waals surface area (Å²) in [6, 6.07) is 14.8. The van der Waals surface area contributed by atoms with E-state index in [0.29, 0.717) is 12.3 Å². The third kappa shape index (κ3) is 3.52. The van der Waals surface area contributed by atoms with Crippen molar-refractivity contribution < 1.29 is 9.84 Å². The van der Waals surface area contributed by atoms with E-state index in [2.05, 4.69) is 20.5 Å². The molecule has 0 saturated carbocycles. The van der Waals surface area contributed by atoms with Crippen LogP contribution in [0.25, 0.3) is 10.9 Å². The van der Waals surface area contributed by atoms with Crippen molar-refractivity contribution in [1.82, 2.24) is 4.98 Å². The number of benzene rings is 2. The number of fused-ring (bicyclic) bond motifs is 1. The third-order valence-electron chi connectivity index (χ3n) is 3.32. The quantitative estimate of drug-likeness (QED) is 0.473. The van der Waals surface area contributed by atoms with Gasteiger partial charge in [0, 0.05) is 11.1 Å². The molecular formula is C17H16N4O2S. The summed E-state index contributed by atoms with van der Waals surface area (Å²) in [5.41, 5.74) is 1.93. The number of aromatic hydroxyl groups is 1. The number of azo groups is 1. The summed E-state index contributed by atoms with van der Waals surface area (Å²) >= 11 is 5.16. The molecule has 1 aromatic heterocycles. The van der Waals surface area contributed by atoms with E-state index in [4.69, 9.17) is 17.0 Å². The Morgan fingerprint density at radius 2 is 1.96 bits per heavy atom. The molecule has 0 saturated heterocycles. The third-order valence-corrected chi connectivity index (χ3v) is 3.50. The maximum atomic E-state index is 9.93. The maximum absolute atomic E-state index is 9.93. The van der Waals surface area contributed by atoms with Gasteiger partial charge in [-0.3, -0.25) is 0 Å². The minimum atomic E-state index is -0.0381. The van der Waals surface area contributed by atoms with E-state index < -0.39 is 0 Å². The standard InChI is InChI=1S/C17H16N4O2S/c1-2-23-12-9-7-11(8-10-12)18-17(24)21-20-15-13-5-3-4-6-14(13)19-16(15)22/h3-10,19,22H,2H2,1H3,(H,18,24). The number of thiocarbonyl (C=S) groups is 1. The lowest BCUT2D eigenvalue weighted by atomic mass is 10.2. The molecule has 0 atom stereocenters. The minimum Gasteiger partial charge on any atom is -0.494 e. The molecule has 0 amide bonds. The summed E-state index contributed by atoms with van der Waals surface area (Å²) in [7, 11) is 0. The molecule has 7 heteroatoms. The molecule has 2 aromatic carbocycles. The summed E-state index contributed by atoms with van der Waals surface area (Å²) in [5, 5.41) is 21.9. The van der Waals surface area contributed by atoms with Crippen LogP contribution in [0.2, 0.25) is 0 Å². The first-order valence-electron chi connectivity index (χ1n) is 7.42. The SMILES string of the molecule is CCOc1ccc(NC(=S)N=Nc2c(O)[nH]c3ccccc23)cc1. The number of anilines is 1. The number of ether oxygens (including phenoxy) is 1. The fourth-order valence-corrected chi connectivity index (χ4v) is 2.42. The molecule has 3 aromatic rings. The average Bonchev–Trinajstić information content (AvgIpc) is 2.90. The second kappa shape index (κ2) is 7.10. The van der Waals surface area contributed by atoms with E-state index in [1.165, 1.54) is 0 Å². The zero-order chi connectivity index (χ0) is 16.9. The Morgan fingerprint density at radius 1 is 1.21 bits per heavy atom. The molecule has 0 fully saturated rings. The molecule has 24 heavy (non-hydrogen) atoms. The number of rotatable bonds is 4. The van der Waals surface area contributed by atoms with Gasteiger partial charge in [-0.05, 0) is 49.5 Å². The molecule has 1 heterocycles. The first-order valence-corrected chi connectivity index (χ1v) is 7.83. The van der Waals surface area contributed by atoms with Gasteiger partial charge in [-0.25, -0.2) is 0 Å². The molecule has 0 spiro atoms. The second-order valence-corrected chi connectivity index (χ2v) is 5.34. The van der Waals surface area contributed by atoms with Crippen LogP contribution in [0, 0.1) is 0 Å². The van der Waals surface area contributed by atoms with Crippen molar-refractivity contribution in [3.63, 3.8) is 0 Å². The smallest absolute Gasteiger partial charge is 0.218 e. The van der Waals surface area contributed by atoms with Gasteiger partial charge in [0.2, 0.25) is 11.0 Å². The molecule has 0 aliphatic heterocycles. The molecule has 0 bridgehead atoms. The number of hydrogen-bond donors (Lipinski definition) is 3. The minimum absolute atomic E-state index is 0.0381. The van der Waals surface area contributed by atoms with Crippen LogP contribution in [0.1, 0.15) is 6.92 Å². The van der Waals surface area contributed by atoms with E-state index in [1.807, 2.05) is 55.5 Å². The summed E-state index contributed by atoms with van der Waals surface area (Å²) < 4.78 is 5.38. The van der Waals surface area contributed by atoms with E-state index in [-0.39, 0.29) is 11.0 Å². The van der Waals surface area contributed by atoms with E-state index in [1.54, 1.807) is 0 Å². The highest BCUT2D eigenvalue weighted by molar-refractivity contribution is 7.80. The molecule has 0 aliphatic carbocycles. The van der Waals surface area contributed by atoms with Crippen LogP contribution < -0.4 is 10.1 Å². The van der Waals surface area contributed by atoms with Crippen LogP contribution in [-0.4, -0.2) is 21.8 Å². The van der Waals surface area contributed by atoms with Gasteiger partial charge in [-0.1, -0.05) is 18.2 Å². The normalized spacial score (nSPS) is 11.0. The van der Waals surface area contributed by atoms with Crippen LogP contribution in [0.5, 0.6) is 11.6 Å². The maximum Gasteiger partial charge on any atom is 0.218 e. The first-order chi connectivity index (χ1) is 11.7. The summed E-state index contributed by atoms with van der Waals surface area (Å²) in [6.07, 6.45) is 0. The van der Waals surface area contributed by atoms with Crippen molar-refractivity contribution in [2.45, 2.75) is 6.92 Å². The predicted molar refractivity (Wildman–Crippen MR) is 98.3 cm³/mol. The van der Waals surface area contributed by atoms with Gasteiger partial charge < -0.3 is 20.1 Å². The number of para-hydroxylation sites is 1. The van der Waals surface area contributed by atoms with Gasteiger partial charge in [0.15, 0.2) is 5.69 Å². The second-order valence-electron chi connectivity index (χ2n) is 4.96. The van der Waals surface area contributed by atoms with Crippen molar-refractivity contribution in [1.29, 1.82) is 0 Å². The van der Waals surface area contributed by atoms with Gasteiger partial charge in [-0.15, -0.1) is 10.2 Å². The van der Waals surface area contributed by atoms with Crippen molar-refractivity contribution >= 4 is 39.6 Å². The van der Waals surface area contributed by atoms with E-state index in [9.17, 15) is 5.11 Å². The first kappa shape index (κ1) is 15.9. The van der Waals surface area contributed by atoms with Crippen molar-refractivity contribution in [2.24, 2.45) is 10.2 Å². The summed E-state index contributed by atoms with van der Waals surface area (Å²) in [4.78, 5) is 2.84. The fourth-order valence-electron chi connectivity index (χ4n) is 2.26. The van der Waals surface area contributed by atoms with E-state index in [0.717, 1.165) is 22.3 Å². The zero-order valence-electron chi connectivity index (χ0n) is 13.0. The lowest BCUT2D eigenvalue weighted by Gasteiger charge is -2.05. The van der Waals surface area contributed by atoms with Gasteiger partial charge in [0.25, 0.3) is 0 Å². The fraction of sp³-hybridized carbons (Fsp3) is 0.118. The van der Waals surface area contributed by atoms with Crippen LogP contribution in [-0.2, 0) is 0 Å². The Balaban J connectivity index is 1.71. The zero-order valence-corrected chi connectivity index (χ0v) is 13.8. The number of hydrogen-bond acceptors (Lipinski definition) is 4. The monoisotopic (exact) mass is 340 g/mol. The average molecular weight is 340 g/mol. The lowest BCUT2D eigenvalue weighted by molar-refractivity contribution is 0.340. The lowest BCUT2D eigenvalue weighted by Crippen LogP contribution is -2.04. The highest BCUT2D eigenvalue weighted by atomic mass is 32.1. The number of aromatic nitrogens is 1. The molecule has 6 nitrogen and oxygen atoms in total. The van der Waals surface area contributed by atoms with E-state index >= 15 is 0 Å². The predicted octanol–water partition coefficient (Wildman–Crippen LogP) is 4.75. The van der Waals surface area contributed by atoms with Gasteiger partial charge in [0.05, 0.1) is 12.1 Å². The topological polar surface area (TPSA) is 82.0 Å². The van der Waals surface area contributed by atoms with Crippen molar-refractivity contribution in [2.75, 3.05) is 11.9 Å². The van der Waals surface area contributed by atoms with Gasteiger partial charge in [0.1, 0.15) is 5.75 Å².